The van der Waals surface area contributed by atoms with E-state index >= 15 is 0 Å². The normalized spacial score (nSPS) is 13.4. The highest BCUT2D eigenvalue weighted by Crippen LogP contribution is 2.36. The number of thioether (sulfide) groups is 1. The zero-order valence-corrected chi connectivity index (χ0v) is 12.0. The summed E-state index contributed by atoms with van der Waals surface area (Å²) in [4.78, 5) is 11.7. The van der Waals surface area contributed by atoms with Gasteiger partial charge in [-0.2, -0.15) is 0 Å². The van der Waals surface area contributed by atoms with Gasteiger partial charge in [-0.1, -0.05) is 51.1 Å². The molecule has 0 heterocycles. The average molecular weight is 250 g/mol. The van der Waals surface area contributed by atoms with Gasteiger partial charge in [0, 0.05) is 5.75 Å². The van der Waals surface area contributed by atoms with Crippen LogP contribution in [0.15, 0.2) is 30.3 Å². The highest BCUT2D eigenvalue weighted by Gasteiger charge is 2.31. The van der Waals surface area contributed by atoms with Gasteiger partial charge < -0.3 is 0 Å². The Labute approximate surface area is 109 Å². The largest absolute Gasteiger partial charge is 0.299 e. The van der Waals surface area contributed by atoms with Gasteiger partial charge in [0.2, 0.25) is 0 Å². The Balaban J connectivity index is 2.66. The zero-order chi connectivity index (χ0) is 12.9. The van der Waals surface area contributed by atoms with Crippen LogP contribution in [0, 0.1) is 5.41 Å². The topological polar surface area (TPSA) is 17.1 Å². The minimum atomic E-state index is 0.0747. The van der Waals surface area contributed by atoms with Crippen molar-refractivity contribution in [3.63, 3.8) is 0 Å². The molecule has 1 aromatic carbocycles. The summed E-state index contributed by atoms with van der Waals surface area (Å²) < 4.78 is 0. The second-order valence-corrected chi connectivity index (χ2v) is 6.22. The molecule has 0 saturated carbocycles. The third-order valence-electron chi connectivity index (χ3n) is 3.25. The number of hydrogen-bond donors (Lipinski definition) is 0. The molecule has 0 N–H and O–H groups in total. The molecule has 1 nitrogen and oxygen atoms in total. The van der Waals surface area contributed by atoms with Crippen molar-refractivity contribution >= 4 is 17.5 Å². The van der Waals surface area contributed by atoms with Gasteiger partial charge in [0.25, 0.3) is 0 Å². The lowest BCUT2D eigenvalue weighted by Gasteiger charge is -2.31. The van der Waals surface area contributed by atoms with E-state index in [0.29, 0.717) is 0 Å². The van der Waals surface area contributed by atoms with Crippen LogP contribution < -0.4 is 0 Å². The van der Waals surface area contributed by atoms with Crippen molar-refractivity contribution < 1.29 is 4.79 Å². The van der Waals surface area contributed by atoms with Crippen LogP contribution in [-0.2, 0) is 10.5 Å². The molecule has 0 aliphatic heterocycles. The molecule has 1 aromatic rings. The fraction of sp³-hybridized carbons (Fsp3) is 0.533. The summed E-state index contributed by atoms with van der Waals surface area (Å²) in [6, 6.07) is 10.3. The minimum absolute atomic E-state index is 0.0747. The standard InChI is InChI=1S/C15H22OS/c1-5-15(3,4)14(12(2)16)17-11-13-9-7-6-8-10-13/h6-10,14H,5,11H2,1-4H3. The molecule has 1 atom stereocenters. The SMILES string of the molecule is CCC(C)(C)C(SCc1ccccc1)C(C)=O. The van der Waals surface area contributed by atoms with Crippen LogP contribution in [0.1, 0.15) is 39.7 Å². The molecule has 94 valence electrons. The van der Waals surface area contributed by atoms with Gasteiger partial charge in [-0.25, -0.2) is 0 Å². The molecule has 0 saturated heterocycles. The maximum absolute atomic E-state index is 11.7. The summed E-state index contributed by atoms with van der Waals surface area (Å²) in [5, 5.41) is 0.0905. The van der Waals surface area contributed by atoms with Gasteiger partial charge in [0.15, 0.2) is 0 Å². The predicted molar refractivity (Wildman–Crippen MR) is 76.3 cm³/mol. The highest BCUT2D eigenvalue weighted by molar-refractivity contribution is 7.99. The molecule has 0 aliphatic carbocycles. The van der Waals surface area contributed by atoms with Crippen molar-refractivity contribution in [3.05, 3.63) is 35.9 Å². The lowest BCUT2D eigenvalue weighted by Crippen LogP contribution is -2.32. The fourth-order valence-corrected chi connectivity index (χ4v) is 3.24. The van der Waals surface area contributed by atoms with Crippen LogP contribution in [0.3, 0.4) is 0 Å². The van der Waals surface area contributed by atoms with Crippen molar-refractivity contribution in [2.45, 2.75) is 45.1 Å². The summed E-state index contributed by atoms with van der Waals surface area (Å²) in [5.41, 5.74) is 1.36. The molecule has 0 bridgehead atoms. The summed E-state index contributed by atoms with van der Waals surface area (Å²) >= 11 is 1.76. The number of hydrogen-bond acceptors (Lipinski definition) is 2. The number of ketones is 1. The van der Waals surface area contributed by atoms with Crippen LogP contribution >= 0.6 is 11.8 Å². The van der Waals surface area contributed by atoms with E-state index in [1.807, 2.05) is 18.2 Å². The third kappa shape index (κ3) is 4.19. The van der Waals surface area contributed by atoms with E-state index in [4.69, 9.17) is 0 Å². The molecule has 0 aromatic heterocycles. The van der Waals surface area contributed by atoms with Crippen molar-refractivity contribution in [2.75, 3.05) is 0 Å². The van der Waals surface area contributed by atoms with Crippen molar-refractivity contribution in [2.24, 2.45) is 5.41 Å². The van der Waals surface area contributed by atoms with Gasteiger partial charge in [0.05, 0.1) is 5.25 Å². The number of carbonyl (C=O) groups excluding carboxylic acids is 1. The first-order chi connectivity index (χ1) is 7.97. The Hall–Kier alpha value is -0.760. The molecule has 0 amide bonds. The Bertz CT molecular complexity index is 356. The Morgan fingerprint density at radius 1 is 1.29 bits per heavy atom. The second kappa shape index (κ2) is 6.25. The zero-order valence-electron chi connectivity index (χ0n) is 11.2. The molecule has 0 fully saturated rings. The summed E-state index contributed by atoms with van der Waals surface area (Å²) in [7, 11) is 0. The maximum atomic E-state index is 11.7. The van der Waals surface area contributed by atoms with Crippen molar-refractivity contribution in [1.82, 2.24) is 0 Å². The summed E-state index contributed by atoms with van der Waals surface area (Å²) in [6.07, 6.45) is 1.03. The van der Waals surface area contributed by atoms with E-state index in [2.05, 4.69) is 32.9 Å². The lowest BCUT2D eigenvalue weighted by molar-refractivity contribution is -0.118. The Morgan fingerprint density at radius 3 is 2.35 bits per heavy atom. The molecule has 2 heteroatoms. The average Bonchev–Trinajstić information content (AvgIpc) is 2.30. The van der Waals surface area contributed by atoms with E-state index in [-0.39, 0.29) is 16.4 Å². The first kappa shape index (κ1) is 14.3. The second-order valence-electron chi connectivity index (χ2n) is 5.13. The molecule has 0 aliphatic rings. The van der Waals surface area contributed by atoms with Crippen LogP contribution in [0.4, 0.5) is 0 Å². The van der Waals surface area contributed by atoms with E-state index in [1.165, 1.54) is 5.56 Å². The quantitative estimate of drug-likeness (QED) is 0.748. The lowest BCUT2D eigenvalue weighted by atomic mass is 9.84. The van der Waals surface area contributed by atoms with Gasteiger partial charge in [-0.3, -0.25) is 4.79 Å². The Kier molecular flexibility index (Phi) is 5.26. The molecule has 1 rings (SSSR count). The van der Waals surface area contributed by atoms with Gasteiger partial charge in [-0.05, 0) is 24.3 Å². The molecule has 0 radical (unpaired) electrons. The smallest absolute Gasteiger partial charge is 0.143 e. The van der Waals surface area contributed by atoms with E-state index in [1.54, 1.807) is 18.7 Å². The summed E-state index contributed by atoms with van der Waals surface area (Å²) in [6.45, 7) is 8.22. The van der Waals surface area contributed by atoms with Crippen LogP contribution in [-0.4, -0.2) is 11.0 Å². The number of benzene rings is 1. The molecule has 1 unspecified atom stereocenters. The van der Waals surface area contributed by atoms with Crippen molar-refractivity contribution in [1.29, 1.82) is 0 Å². The van der Waals surface area contributed by atoms with Crippen molar-refractivity contribution in [3.8, 4) is 0 Å². The van der Waals surface area contributed by atoms with E-state index in [9.17, 15) is 4.79 Å². The maximum Gasteiger partial charge on any atom is 0.143 e. The monoisotopic (exact) mass is 250 g/mol. The number of rotatable bonds is 6. The van der Waals surface area contributed by atoms with Crippen LogP contribution in [0.5, 0.6) is 0 Å². The van der Waals surface area contributed by atoms with Crippen LogP contribution in [0.2, 0.25) is 0 Å². The number of Topliss-reactive ketones (excluding diaryl/α,β-unsaturated/α-hetero) is 1. The molecule has 0 spiro atoms. The Morgan fingerprint density at radius 2 is 1.88 bits per heavy atom. The first-order valence-corrected chi connectivity index (χ1v) is 7.18. The van der Waals surface area contributed by atoms with E-state index < -0.39 is 0 Å². The highest BCUT2D eigenvalue weighted by atomic mass is 32.2. The van der Waals surface area contributed by atoms with Gasteiger partial charge in [-0.15, -0.1) is 11.8 Å². The number of carbonyl (C=O) groups is 1. The van der Waals surface area contributed by atoms with Crippen LogP contribution in [0.25, 0.3) is 0 Å². The molecular formula is C15H22OS. The van der Waals surface area contributed by atoms with E-state index in [0.717, 1.165) is 12.2 Å². The minimum Gasteiger partial charge on any atom is -0.299 e. The fourth-order valence-electron chi connectivity index (χ4n) is 1.83. The molecular weight excluding hydrogens is 228 g/mol. The molecule has 17 heavy (non-hydrogen) atoms. The third-order valence-corrected chi connectivity index (χ3v) is 5.05. The summed E-state index contributed by atoms with van der Waals surface area (Å²) in [5.74, 6) is 1.20. The predicted octanol–water partition coefficient (Wildman–Crippen LogP) is 4.31. The first-order valence-electron chi connectivity index (χ1n) is 6.13. The van der Waals surface area contributed by atoms with Gasteiger partial charge >= 0.3 is 0 Å². The van der Waals surface area contributed by atoms with Gasteiger partial charge in [0.1, 0.15) is 5.78 Å².